The molecule has 0 saturated carbocycles. The zero-order valence-electron chi connectivity index (χ0n) is 7.76. The topological polar surface area (TPSA) is 38.3 Å². The Balaban J connectivity index is 2.88. The van der Waals surface area contributed by atoms with Crippen LogP contribution in [0.15, 0.2) is 24.3 Å². The number of ether oxygens (including phenoxy) is 1. The molecule has 1 aromatic carbocycles. The summed E-state index contributed by atoms with van der Waals surface area (Å²) in [7, 11) is 1.16. The minimum absolute atomic E-state index is 0.0618. The number of hydrogen-bond donors (Lipinski definition) is 1. The quantitative estimate of drug-likeness (QED) is 0.613. The van der Waals surface area contributed by atoms with E-state index in [9.17, 15) is 18.0 Å². The molecule has 3 nitrogen and oxygen atoms in total. The van der Waals surface area contributed by atoms with Crippen molar-refractivity contribution < 1.29 is 22.7 Å². The van der Waals surface area contributed by atoms with Gasteiger partial charge in [0.1, 0.15) is 0 Å². The highest BCUT2D eigenvalue weighted by Crippen LogP contribution is 2.20. The fraction of sp³-hybridized carbons (Fsp3) is 0.222. The molecule has 15 heavy (non-hydrogen) atoms. The van der Waals surface area contributed by atoms with E-state index < -0.39 is 12.3 Å². The van der Waals surface area contributed by atoms with Crippen LogP contribution in [0.2, 0.25) is 0 Å². The fourth-order valence-corrected chi connectivity index (χ4v) is 1.01. The van der Waals surface area contributed by atoms with Crippen LogP contribution in [-0.4, -0.2) is 19.4 Å². The van der Waals surface area contributed by atoms with Crippen LogP contribution < -0.4 is 5.32 Å². The summed E-state index contributed by atoms with van der Waals surface area (Å²) in [6.07, 6.45) is -4.52. The largest absolute Gasteiger partial charge is 0.482 e. The first-order valence-corrected chi connectivity index (χ1v) is 3.95. The van der Waals surface area contributed by atoms with Crippen LogP contribution >= 0.6 is 0 Å². The van der Waals surface area contributed by atoms with Gasteiger partial charge in [0.05, 0.1) is 12.7 Å². The fourth-order valence-electron chi connectivity index (χ4n) is 1.01. The Labute approximate surface area is 83.8 Å². The van der Waals surface area contributed by atoms with Crippen molar-refractivity contribution in [3.8, 4) is 0 Å². The minimum atomic E-state index is -4.52. The summed E-state index contributed by atoms with van der Waals surface area (Å²) in [6, 6.07) is 4.98. The normalized spacial score (nSPS) is 10.9. The predicted octanol–water partition coefficient (Wildman–Crippen LogP) is 2.40. The van der Waals surface area contributed by atoms with E-state index in [0.717, 1.165) is 13.2 Å². The molecule has 6 heteroatoms. The van der Waals surface area contributed by atoms with Gasteiger partial charge in [-0.2, -0.15) is 13.2 Å². The van der Waals surface area contributed by atoms with E-state index >= 15 is 0 Å². The third kappa shape index (κ3) is 3.49. The predicted molar refractivity (Wildman–Crippen MR) is 47.5 cm³/mol. The van der Waals surface area contributed by atoms with Gasteiger partial charge in [0.2, 0.25) is 0 Å². The van der Waals surface area contributed by atoms with Crippen LogP contribution in [0.4, 0.5) is 18.9 Å². The van der Waals surface area contributed by atoms with E-state index in [1.54, 1.807) is 0 Å². The first kappa shape index (κ1) is 11.4. The number of nitrogens with one attached hydrogen (secondary N) is 1. The first-order chi connectivity index (χ1) is 6.92. The highest BCUT2D eigenvalue weighted by Gasteiger charge is 2.27. The molecule has 0 fully saturated rings. The molecule has 0 spiro atoms. The molecule has 0 aromatic heterocycles. The highest BCUT2D eigenvalue weighted by molar-refractivity contribution is 5.90. The zero-order chi connectivity index (χ0) is 11.5. The molecule has 1 rings (SSSR count). The smallest absolute Gasteiger partial charge is 0.465 e. The number of alkyl halides is 3. The van der Waals surface area contributed by atoms with Crippen molar-refractivity contribution in [3.05, 3.63) is 29.8 Å². The number of benzene rings is 1. The van der Waals surface area contributed by atoms with Crippen molar-refractivity contribution in [3.63, 3.8) is 0 Å². The van der Waals surface area contributed by atoms with Crippen LogP contribution in [0.5, 0.6) is 0 Å². The molecule has 0 heterocycles. The van der Waals surface area contributed by atoms with E-state index in [1.165, 1.54) is 23.5 Å². The number of esters is 1. The lowest BCUT2D eigenvalue weighted by Gasteiger charge is -2.10. The van der Waals surface area contributed by atoms with Gasteiger partial charge in [0, 0.05) is 5.69 Å². The maximum atomic E-state index is 11.9. The average molecular weight is 219 g/mol. The minimum Gasteiger partial charge on any atom is -0.465 e. The number of hydrogen-bond acceptors (Lipinski definition) is 3. The Hall–Kier alpha value is -1.72. The maximum absolute atomic E-state index is 11.9. The van der Waals surface area contributed by atoms with Gasteiger partial charge >= 0.3 is 12.3 Å². The van der Waals surface area contributed by atoms with Crippen molar-refractivity contribution in [2.45, 2.75) is 6.30 Å². The van der Waals surface area contributed by atoms with Crippen LogP contribution in [0, 0.1) is 0 Å². The lowest BCUT2D eigenvalue weighted by Crippen LogP contribution is -2.20. The van der Waals surface area contributed by atoms with Gasteiger partial charge in [0.25, 0.3) is 0 Å². The van der Waals surface area contributed by atoms with Gasteiger partial charge in [-0.25, -0.2) is 4.79 Å². The van der Waals surface area contributed by atoms with E-state index in [1.807, 2.05) is 0 Å². The van der Waals surface area contributed by atoms with Gasteiger partial charge in [-0.1, -0.05) is 6.07 Å². The first-order valence-electron chi connectivity index (χ1n) is 3.95. The lowest BCUT2D eigenvalue weighted by molar-refractivity contribution is -0.0999. The Morgan fingerprint density at radius 1 is 1.40 bits per heavy atom. The molecule has 1 N–H and O–H groups in total. The Morgan fingerprint density at radius 3 is 2.60 bits per heavy atom. The summed E-state index contributed by atoms with van der Waals surface area (Å²) in [4.78, 5) is 11.0. The summed E-state index contributed by atoms with van der Waals surface area (Å²) >= 11 is 0. The summed E-state index contributed by atoms with van der Waals surface area (Å²) in [5.41, 5.74) is -0.142. The number of carbonyl (C=O) groups excluding carboxylic acids is 1. The van der Waals surface area contributed by atoms with Crippen molar-refractivity contribution in [1.82, 2.24) is 0 Å². The third-order valence-corrected chi connectivity index (χ3v) is 1.57. The highest BCUT2D eigenvalue weighted by atomic mass is 19.4. The summed E-state index contributed by atoms with van der Waals surface area (Å²) in [5, 5.41) is 1.29. The Morgan fingerprint density at radius 2 is 2.07 bits per heavy atom. The average Bonchev–Trinajstić information content (AvgIpc) is 2.14. The van der Waals surface area contributed by atoms with Crippen LogP contribution in [0.25, 0.3) is 0 Å². The molecule has 0 amide bonds. The third-order valence-electron chi connectivity index (χ3n) is 1.57. The molecule has 0 radical (unpaired) electrons. The van der Waals surface area contributed by atoms with Gasteiger partial charge < -0.3 is 4.74 Å². The van der Waals surface area contributed by atoms with Gasteiger partial charge in [0.15, 0.2) is 0 Å². The molecule has 1 aromatic rings. The van der Waals surface area contributed by atoms with Gasteiger partial charge in [-0.05, 0) is 18.2 Å². The molecular weight excluding hydrogens is 211 g/mol. The van der Waals surface area contributed by atoms with E-state index in [-0.39, 0.29) is 11.3 Å². The number of carbonyl (C=O) groups is 1. The Kier molecular flexibility index (Phi) is 3.18. The molecular formula is C9H8F3NO2. The summed E-state index contributed by atoms with van der Waals surface area (Å²) in [6.45, 7) is 0. The molecule has 0 bridgehead atoms. The maximum Gasteiger partial charge on any atom is 0.482 e. The SMILES string of the molecule is COC(=O)c1cccc(NC(F)(F)F)c1. The number of rotatable bonds is 2. The Bertz CT molecular complexity index is 363. The van der Waals surface area contributed by atoms with E-state index in [4.69, 9.17) is 0 Å². The second-order valence-electron chi connectivity index (χ2n) is 2.70. The molecule has 0 aliphatic heterocycles. The summed E-state index contributed by atoms with van der Waals surface area (Å²) < 4.78 is 40.2. The van der Waals surface area contributed by atoms with Gasteiger partial charge in [-0.15, -0.1) is 0 Å². The monoisotopic (exact) mass is 219 g/mol. The van der Waals surface area contributed by atoms with Crippen LogP contribution in [-0.2, 0) is 4.74 Å². The van der Waals surface area contributed by atoms with Crippen molar-refractivity contribution in [2.75, 3.05) is 12.4 Å². The second-order valence-corrected chi connectivity index (χ2v) is 2.70. The molecule has 0 atom stereocenters. The molecule has 0 unspecified atom stereocenters. The van der Waals surface area contributed by atoms with Crippen molar-refractivity contribution in [1.29, 1.82) is 0 Å². The number of halogens is 3. The molecule has 0 saturated heterocycles. The summed E-state index contributed by atoms with van der Waals surface area (Å²) in [5.74, 6) is -0.680. The van der Waals surface area contributed by atoms with Gasteiger partial charge in [-0.3, -0.25) is 5.32 Å². The second kappa shape index (κ2) is 4.20. The van der Waals surface area contributed by atoms with E-state index in [2.05, 4.69) is 4.74 Å². The van der Waals surface area contributed by atoms with Crippen molar-refractivity contribution >= 4 is 11.7 Å². The standard InChI is InChI=1S/C9H8F3NO2/c1-15-8(14)6-3-2-4-7(5-6)13-9(10,11)12/h2-5,13H,1H3. The number of methoxy groups -OCH3 is 1. The van der Waals surface area contributed by atoms with Crippen LogP contribution in [0.3, 0.4) is 0 Å². The molecule has 0 aliphatic rings. The van der Waals surface area contributed by atoms with Crippen LogP contribution in [0.1, 0.15) is 10.4 Å². The van der Waals surface area contributed by atoms with E-state index in [0.29, 0.717) is 0 Å². The lowest BCUT2D eigenvalue weighted by atomic mass is 10.2. The molecule has 82 valence electrons. The molecule has 0 aliphatic carbocycles. The zero-order valence-corrected chi connectivity index (χ0v) is 7.76. The number of anilines is 1. The van der Waals surface area contributed by atoms with Crippen molar-refractivity contribution in [2.24, 2.45) is 0 Å².